The van der Waals surface area contributed by atoms with Gasteiger partial charge in [-0.2, -0.15) is 5.10 Å². The van der Waals surface area contributed by atoms with Gasteiger partial charge in [0.1, 0.15) is 6.54 Å². The van der Waals surface area contributed by atoms with Gasteiger partial charge in [0.25, 0.3) is 5.69 Å². The summed E-state index contributed by atoms with van der Waals surface area (Å²) < 4.78 is 1.37. The van der Waals surface area contributed by atoms with E-state index in [1.807, 2.05) is 0 Å². The zero-order valence-electron chi connectivity index (χ0n) is 10.1. The number of hydrogen-bond acceptors (Lipinski definition) is 4. The molecule has 7 heteroatoms. The zero-order chi connectivity index (χ0) is 14.0. The fourth-order valence-electron chi connectivity index (χ4n) is 1.78. The lowest BCUT2D eigenvalue weighted by molar-refractivity contribution is -0.384. The molecule has 0 spiro atoms. The second-order valence-electron chi connectivity index (χ2n) is 4.00. The van der Waals surface area contributed by atoms with Gasteiger partial charge < -0.3 is 5.11 Å². The third-order valence-electron chi connectivity index (χ3n) is 2.78. The minimum absolute atomic E-state index is 0.0133. The maximum absolute atomic E-state index is 10.7. The van der Waals surface area contributed by atoms with Crippen molar-refractivity contribution in [2.24, 2.45) is 0 Å². The van der Waals surface area contributed by atoms with Gasteiger partial charge in [0.15, 0.2) is 0 Å². The Balaban J connectivity index is 2.34. The van der Waals surface area contributed by atoms with E-state index in [-0.39, 0.29) is 12.2 Å². The van der Waals surface area contributed by atoms with Crippen LogP contribution in [0.5, 0.6) is 0 Å². The Morgan fingerprint density at radius 3 is 2.58 bits per heavy atom. The second-order valence-corrected chi connectivity index (χ2v) is 4.00. The van der Waals surface area contributed by atoms with Crippen molar-refractivity contribution in [2.45, 2.75) is 13.5 Å². The fourth-order valence-corrected chi connectivity index (χ4v) is 1.78. The van der Waals surface area contributed by atoms with Gasteiger partial charge in [-0.15, -0.1) is 0 Å². The molecule has 7 nitrogen and oxygen atoms in total. The van der Waals surface area contributed by atoms with Gasteiger partial charge >= 0.3 is 5.97 Å². The first-order valence-electron chi connectivity index (χ1n) is 5.48. The molecule has 0 bridgehead atoms. The largest absolute Gasteiger partial charge is 0.480 e. The third-order valence-corrected chi connectivity index (χ3v) is 2.78. The van der Waals surface area contributed by atoms with Gasteiger partial charge in [-0.25, -0.2) is 0 Å². The molecule has 0 aliphatic carbocycles. The first-order valence-corrected chi connectivity index (χ1v) is 5.48. The summed E-state index contributed by atoms with van der Waals surface area (Å²) in [7, 11) is 0. The van der Waals surface area contributed by atoms with Crippen LogP contribution in [-0.4, -0.2) is 25.8 Å². The maximum atomic E-state index is 10.7. The van der Waals surface area contributed by atoms with E-state index < -0.39 is 10.9 Å². The molecule has 1 N–H and O–H groups in total. The smallest absolute Gasteiger partial charge is 0.325 e. The molecule has 1 aromatic heterocycles. The average molecular weight is 261 g/mol. The summed E-state index contributed by atoms with van der Waals surface area (Å²) >= 11 is 0. The Morgan fingerprint density at radius 1 is 1.42 bits per heavy atom. The van der Waals surface area contributed by atoms with E-state index in [9.17, 15) is 14.9 Å². The number of benzene rings is 1. The molecule has 0 aliphatic rings. The van der Waals surface area contributed by atoms with Crippen LogP contribution >= 0.6 is 0 Å². The van der Waals surface area contributed by atoms with Crippen molar-refractivity contribution in [3.05, 3.63) is 46.3 Å². The number of carbonyl (C=O) groups is 1. The van der Waals surface area contributed by atoms with Crippen LogP contribution in [0.3, 0.4) is 0 Å². The Hall–Kier alpha value is -2.70. The number of carboxylic acid groups (broad SMARTS) is 1. The van der Waals surface area contributed by atoms with E-state index in [0.29, 0.717) is 5.69 Å². The Bertz CT molecular complexity index is 631. The highest BCUT2D eigenvalue weighted by atomic mass is 16.6. The Labute approximate surface area is 108 Å². The monoisotopic (exact) mass is 261 g/mol. The lowest BCUT2D eigenvalue weighted by Gasteiger charge is -2.02. The molecule has 1 heterocycles. The lowest BCUT2D eigenvalue weighted by atomic mass is 10.1. The summed E-state index contributed by atoms with van der Waals surface area (Å²) in [6.45, 7) is 1.55. The number of aromatic nitrogens is 2. The highest BCUT2D eigenvalue weighted by Gasteiger charge is 2.12. The van der Waals surface area contributed by atoms with E-state index in [1.165, 1.54) is 16.8 Å². The highest BCUT2D eigenvalue weighted by molar-refractivity contribution is 5.69. The fraction of sp³-hybridized carbons (Fsp3) is 0.167. The highest BCUT2D eigenvalue weighted by Crippen LogP contribution is 2.25. The van der Waals surface area contributed by atoms with E-state index >= 15 is 0 Å². The van der Waals surface area contributed by atoms with Gasteiger partial charge in [0.2, 0.25) is 0 Å². The predicted molar refractivity (Wildman–Crippen MR) is 66.7 cm³/mol. The minimum atomic E-state index is -0.971. The molecule has 0 unspecified atom stereocenters. The number of aliphatic carboxylic acids is 1. The quantitative estimate of drug-likeness (QED) is 0.669. The van der Waals surface area contributed by atoms with Crippen molar-refractivity contribution in [3.63, 3.8) is 0 Å². The molecule has 0 saturated carbocycles. The van der Waals surface area contributed by atoms with Crippen LogP contribution in [0.2, 0.25) is 0 Å². The number of nitro benzene ring substituents is 1. The van der Waals surface area contributed by atoms with E-state index in [4.69, 9.17) is 5.11 Å². The van der Waals surface area contributed by atoms with Crippen molar-refractivity contribution in [1.82, 2.24) is 9.78 Å². The van der Waals surface area contributed by atoms with Crippen molar-refractivity contribution < 1.29 is 14.8 Å². The molecule has 0 atom stereocenters. The molecule has 1 aromatic carbocycles. The maximum Gasteiger partial charge on any atom is 0.325 e. The number of non-ortho nitro benzene ring substituents is 1. The SMILES string of the molecule is Cc1c(-c2ccc([N+](=O)[O-])cc2)cnn1CC(=O)O. The van der Waals surface area contributed by atoms with Crippen molar-refractivity contribution in [3.8, 4) is 11.1 Å². The Morgan fingerprint density at radius 2 is 2.05 bits per heavy atom. The van der Waals surface area contributed by atoms with Crippen molar-refractivity contribution in [2.75, 3.05) is 0 Å². The molecule has 0 fully saturated rings. The average Bonchev–Trinajstić information content (AvgIpc) is 2.70. The van der Waals surface area contributed by atoms with Crippen LogP contribution in [-0.2, 0) is 11.3 Å². The van der Waals surface area contributed by atoms with Crippen LogP contribution < -0.4 is 0 Å². The standard InChI is InChI=1S/C12H11N3O4/c1-8-11(6-13-14(8)7-12(16)17)9-2-4-10(5-3-9)15(18)19/h2-6H,7H2,1H3,(H,16,17). The van der Waals surface area contributed by atoms with Crippen LogP contribution in [0.15, 0.2) is 30.5 Å². The van der Waals surface area contributed by atoms with E-state index in [0.717, 1.165) is 11.1 Å². The predicted octanol–water partition coefficient (Wildman–Crippen LogP) is 1.85. The van der Waals surface area contributed by atoms with Gasteiger partial charge in [-0.1, -0.05) is 0 Å². The van der Waals surface area contributed by atoms with E-state index in [1.54, 1.807) is 25.3 Å². The Kier molecular flexibility index (Phi) is 3.28. The molecule has 0 amide bonds. The van der Waals surface area contributed by atoms with Crippen LogP contribution in [0, 0.1) is 17.0 Å². The molecule has 19 heavy (non-hydrogen) atoms. The molecule has 0 aliphatic heterocycles. The van der Waals surface area contributed by atoms with Gasteiger partial charge in [-0.05, 0) is 24.6 Å². The molecule has 2 rings (SSSR count). The molecular weight excluding hydrogens is 250 g/mol. The summed E-state index contributed by atoms with van der Waals surface area (Å²) in [5, 5.41) is 23.3. The summed E-state index contributed by atoms with van der Waals surface area (Å²) in [5.41, 5.74) is 2.24. The number of nitro groups is 1. The molecule has 0 radical (unpaired) electrons. The zero-order valence-corrected chi connectivity index (χ0v) is 10.1. The van der Waals surface area contributed by atoms with Crippen LogP contribution in [0.25, 0.3) is 11.1 Å². The van der Waals surface area contributed by atoms with Gasteiger partial charge in [0, 0.05) is 23.4 Å². The summed E-state index contributed by atoms with van der Waals surface area (Å²) in [6, 6.07) is 6.05. The van der Waals surface area contributed by atoms with Gasteiger partial charge in [-0.3, -0.25) is 19.6 Å². The number of hydrogen-bond donors (Lipinski definition) is 1. The first-order chi connectivity index (χ1) is 8.99. The van der Waals surface area contributed by atoms with Crippen molar-refractivity contribution in [1.29, 1.82) is 0 Å². The van der Waals surface area contributed by atoms with E-state index in [2.05, 4.69) is 5.10 Å². The number of carboxylic acids is 1. The molecule has 2 aromatic rings. The second kappa shape index (κ2) is 4.89. The molecule has 0 saturated heterocycles. The first kappa shape index (κ1) is 12.7. The molecular formula is C12H11N3O4. The summed E-state index contributed by atoms with van der Waals surface area (Å²) in [6.07, 6.45) is 1.56. The lowest BCUT2D eigenvalue weighted by Crippen LogP contribution is -2.11. The summed E-state index contributed by atoms with van der Waals surface area (Å²) in [4.78, 5) is 20.7. The third kappa shape index (κ3) is 2.59. The van der Waals surface area contributed by atoms with Crippen molar-refractivity contribution >= 4 is 11.7 Å². The summed E-state index contributed by atoms with van der Waals surface area (Å²) in [5.74, 6) is -0.971. The topological polar surface area (TPSA) is 98.3 Å². The number of rotatable bonds is 4. The minimum Gasteiger partial charge on any atom is -0.480 e. The number of nitrogens with zero attached hydrogens (tertiary/aromatic N) is 3. The van der Waals surface area contributed by atoms with Crippen LogP contribution in [0.4, 0.5) is 5.69 Å². The van der Waals surface area contributed by atoms with Crippen LogP contribution in [0.1, 0.15) is 5.69 Å². The normalized spacial score (nSPS) is 10.4. The van der Waals surface area contributed by atoms with Gasteiger partial charge in [0.05, 0.1) is 11.1 Å². The molecule has 98 valence electrons.